The number of aryl methyl sites for hydroxylation is 1. The van der Waals surface area contributed by atoms with E-state index in [4.69, 9.17) is 5.11 Å². The zero-order valence-electron chi connectivity index (χ0n) is 21.0. The maximum Gasteiger partial charge on any atom is 0.335 e. The molecule has 5 heteroatoms. The Morgan fingerprint density at radius 1 is 1.03 bits per heavy atom. The Balaban J connectivity index is 1.99. The number of fused-ring (bicyclic) bond motifs is 1. The van der Waals surface area contributed by atoms with Gasteiger partial charge in [0.25, 0.3) is 0 Å². The SMILES string of the molecule is CCCCCCCCc1cc2c(cc1/C(C)=C/c1ccc(C(=O)O)cc1)C(C)(C)CCS2(=O)=O. The molecule has 3 rings (SSSR count). The number of carboxylic acids is 1. The highest BCUT2D eigenvalue weighted by molar-refractivity contribution is 7.91. The topological polar surface area (TPSA) is 71.4 Å². The lowest BCUT2D eigenvalue weighted by Gasteiger charge is -2.33. The van der Waals surface area contributed by atoms with Crippen molar-refractivity contribution in [1.82, 2.24) is 0 Å². The van der Waals surface area contributed by atoms with Gasteiger partial charge in [0.1, 0.15) is 0 Å². The molecule has 0 saturated heterocycles. The summed E-state index contributed by atoms with van der Waals surface area (Å²) >= 11 is 0. The lowest BCUT2D eigenvalue weighted by molar-refractivity contribution is 0.0697. The molecule has 0 bridgehead atoms. The number of carbonyl (C=O) groups is 1. The molecule has 0 unspecified atom stereocenters. The molecule has 2 aromatic carbocycles. The van der Waals surface area contributed by atoms with E-state index in [1.165, 1.54) is 25.7 Å². The molecular formula is C29H38O4S. The Bertz CT molecular complexity index is 1160. The van der Waals surface area contributed by atoms with E-state index in [1.807, 2.05) is 18.2 Å². The van der Waals surface area contributed by atoms with Crippen LogP contribution in [0.4, 0.5) is 0 Å². The highest BCUT2D eigenvalue weighted by Gasteiger charge is 2.36. The van der Waals surface area contributed by atoms with Crippen molar-refractivity contribution >= 4 is 27.5 Å². The normalized spacial score (nSPS) is 16.8. The van der Waals surface area contributed by atoms with E-state index < -0.39 is 15.8 Å². The van der Waals surface area contributed by atoms with Crippen LogP contribution >= 0.6 is 0 Å². The van der Waals surface area contributed by atoms with E-state index in [1.54, 1.807) is 12.1 Å². The molecule has 0 spiro atoms. The fourth-order valence-electron chi connectivity index (χ4n) is 4.76. The lowest BCUT2D eigenvalue weighted by Crippen LogP contribution is -2.30. The van der Waals surface area contributed by atoms with Crippen LogP contribution in [0.5, 0.6) is 0 Å². The highest BCUT2D eigenvalue weighted by Crippen LogP contribution is 2.41. The van der Waals surface area contributed by atoms with Gasteiger partial charge in [0.2, 0.25) is 0 Å². The van der Waals surface area contributed by atoms with Crippen molar-refractivity contribution in [2.45, 2.75) is 89.4 Å². The van der Waals surface area contributed by atoms with Crippen LogP contribution in [0, 0.1) is 0 Å². The average Bonchev–Trinajstić information content (AvgIpc) is 2.79. The number of carboxylic acid groups (broad SMARTS) is 1. The number of rotatable bonds is 10. The summed E-state index contributed by atoms with van der Waals surface area (Å²) in [4.78, 5) is 11.7. The first-order valence-electron chi connectivity index (χ1n) is 12.5. The summed E-state index contributed by atoms with van der Waals surface area (Å²) in [5.74, 6) is -0.736. The minimum absolute atomic E-state index is 0.197. The first kappa shape index (κ1) is 26.2. The summed E-state index contributed by atoms with van der Waals surface area (Å²) in [5, 5.41) is 9.16. The monoisotopic (exact) mass is 482 g/mol. The largest absolute Gasteiger partial charge is 0.478 e. The molecule has 0 amide bonds. The van der Waals surface area contributed by atoms with Crippen LogP contribution < -0.4 is 0 Å². The molecule has 0 aliphatic carbocycles. The molecule has 0 radical (unpaired) electrons. The van der Waals surface area contributed by atoms with Gasteiger partial charge in [-0.15, -0.1) is 0 Å². The Hall–Kier alpha value is -2.40. The van der Waals surface area contributed by atoms with Crippen molar-refractivity contribution in [2.24, 2.45) is 0 Å². The molecule has 4 nitrogen and oxygen atoms in total. The number of sulfone groups is 1. The molecule has 184 valence electrons. The van der Waals surface area contributed by atoms with Gasteiger partial charge in [0.15, 0.2) is 9.84 Å². The summed E-state index contributed by atoms with van der Waals surface area (Å²) in [6.45, 7) is 8.52. The van der Waals surface area contributed by atoms with Crippen LogP contribution in [-0.4, -0.2) is 25.2 Å². The molecule has 1 aliphatic rings. The van der Waals surface area contributed by atoms with Crippen LogP contribution in [0.15, 0.2) is 41.3 Å². The molecule has 0 aromatic heterocycles. The molecular weight excluding hydrogens is 444 g/mol. The predicted octanol–water partition coefficient (Wildman–Crippen LogP) is 7.30. The van der Waals surface area contributed by atoms with Crippen LogP contribution in [0.2, 0.25) is 0 Å². The van der Waals surface area contributed by atoms with Crippen molar-refractivity contribution in [3.63, 3.8) is 0 Å². The first-order chi connectivity index (χ1) is 16.0. The van der Waals surface area contributed by atoms with Crippen molar-refractivity contribution in [3.05, 3.63) is 64.2 Å². The Morgan fingerprint density at radius 2 is 1.68 bits per heavy atom. The number of allylic oxidation sites excluding steroid dienone is 1. The third-order valence-corrected chi connectivity index (χ3v) is 8.78. The van der Waals surface area contributed by atoms with Crippen LogP contribution in [0.1, 0.15) is 105 Å². The highest BCUT2D eigenvalue weighted by atomic mass is 32.2. The summed E-state index contributed by atoms with van der Waals surface area (Å²) in [6, 6.07) is 10.9. The second-order valence-electron chi connectivity index (χ2n) is 10.2. The summed E-state index contributed by atoms with van der Waals surface area (Å²) < 4.78 is 25.9. The third-order valence-electron chi connectivity index (χ3n) is 7.03. The minimum atomic E-state index is -3.27. The van der Waals surface area contributed by atoms with E-state index >= 15 is 0 Å². The summed E-state index contributed by atoms with van der Waals surface area (Å²) in [7, 11) is -3.27. The zero-order valence-corrected chi connectivity index (χ0v) is 21.8. The summed E-state index contributed by atoms with van der Waals surface area (Å²) in [5.41, 5.74) is 5.15. The molecule has 0 saturated carbocycles. The fraction of sp³-hybridized carbons (Fsp3) is 0.483. The van der Waals surface area contributed by atoms with Gasteiger partial charge in [-0.1, -0.05) is 71.1 Å². The van der Waals surface area contributed by atoms with Crippen molar-refractivity contribution < 1.29 is 18.3 Å². The minimum Gasteiger partial charge on any atom is -0.478 e. The first-order valence-corrected chi connectivity index (χ1v) is 14.1. The Kier molecular flexibility index (Phi) is 8.40. The number of benzene rings is 2. The predicted molar refractivity (Wildman–Crippen MR) is 140 cm³/mol. The molecule has 1 aliphatic heterocycles. The van der Waals surface area contributed by atoms with Crippen LogP contribution in [0.25, 0.3) is 11.6 Å². The molecule has 34 heavy (non-hydrogen) atoms. The van der Waals surface area contributed by atoms with Gasteiger partial charge in [-0.3, -0.25) is 0 Å². The van der Waals surface area contributed by atoms with Gasteiger partial charge in [0.05, 0.1) is 16.2 Å². The Labute approximate surface area is 205 Å². The van der Waals surface area contributed by atoms with E-state index in [-0.39, 0.29) is 16.7 Å². The number of hydrogen-bond donors (Lipinski definition) is 1. The molecule has 0 fully saturated rings. The molecule has 1 N–H and O–H groups in total. The van der Waals surface area contributed by atoms with Crippen molar-refractivity contribution in [3.8, 4) is 0 Å². The zero-order chi connectivity index (χ0) is 24.9. The van der Waals surface area contributed by atoms with E-state index in [2.05, 4.69) is 39.8 Å². The fourth-order valence-corrected chi connectivity index (χ4v) is 6.75. The quantitative estimate of drug-likeness (QED) is 0.285. The Morgan fingerprint density at radius 3 is 2.32 bits per heavy atom. The third kappa shape index (κ3) is 6.18. The number of aromatic carboxylic acids is 1. The molecule has 2 aromatic rings. The second kappa shape index (κ2) is 10.9. The van der Waals surface area contributed by atoms with E-state index in [0.717, 1.165) is 47.1 Å². The van der Waals surface area contributed by atoms with Gasteiger partial charge in [-0.2, -0.15) is 0 Å². The maximum absolute atomic E-state index is 13.0. The molecule has 1 heterocycles. The standard InChI is InChI=1S/C29H38O4S/c1-5-6-7-8-9-10-11-24-19-27-26(29(3,4)16-17-34(27,32)33)20-25(24)21(2)18-22-12-14-23(15-13-22)28(30)31/h12-15,18-20H,5-11,16-17H2,1-4H3,(H,30,31)/b21-18+. The van der Waals surface area contributed by atoms with Crippen LogP contribution in [-0.2, 0) is 21.7 Å². The molecule has 0 atom stereocenters. The van der Waals surface area contributed by atoms with Gasteiger partial charge >= 0.3 is 5.97 Å². The average molecular weight is 483 g/mol. The van der Waals surface area contributed by atoms with E-state index in [9.17, 15) is 13.2 Å². The van der Waals surface area contributed by atoms with Gasteiger partial charge < -0.3 is 5.11 Å². The van der Waals surface area contributed by atoms with Gasteiger partial charge in [-0.25, -0.2) is 13.2 Å². The van der Waals surface area contributed by atoms with Crippen LogP contribution in [0.3, 0.4) is 0 Å². The number of hydrogen-bond acceptors (Lipinski definition) is 3. The second-order valence-corrected chi connectivity index (χ2v) is 12.3. The maximum atomic E-state index is 13.0. The summed E-state index contributed by atoms with van der Waals surface area (Å²) in [6.07, 6.45) is 10.7. The number of unbranched alkanes of at least 4 members (excludes halogenated alkanes) is 5. The smallest absolute Gasteiger partial charge is 0.335 e. The van der Waals surface area contributed by atoms with Crippen molar-refractivity contribution in [1.29, 1.82) is 0 Å². The van der Waals surface area contributed by atoms with Gasteiger partial charge in [-0.05, 0) is 83.7 Å². The van der Waals surface area contributed by atoms with Gasteiger partial charge in [0, 0.05) is 0 Å². The van der Waals surface area contributed by atoms with E-state index in [0.29, 0.717) is 11.3 Å². The lowest BCUT2D eigenvalue weighted by atomic mass is 9.79. The van der Waals surface area contributed by atoms with Crippen molar-refractivity contribution in [2.75, 3.05) is 5.75 Å².